The van der Waals surface area contributed by atoms with E-state index >= 15 is 0 Å². The lowest BCUT2D eigenvalue weighted by Crippen LogP contribution is -2.01. The standard InChI is InChI=1S/C15H23ClO3/c1-10(2)6-5-7-13(17)11-8-12(16)15(19-4)14(9-11)18-3/h8-10,13,17H,5-7H2,1-4H3. The molecule has 1 atom stereocenters. The Bertz CT molecular complexity index is 405. The molecule has 0 aromatic heterocycles. The molecule has 1 aromatic rings. The summed E-state index contributed by atoms with van der Waals surface area (Å²) in [7, 11) is 3.10. The summed E-state index contributed by atoms with van der Waals surface area (Å²) in [4.78, 5) is 0. The van der Waals surface area contributed by atoms with Crippen LogP contribution in [-0.4, -0.2) is 19.3 Å². The van der Waals surface area contributed by atoms with Gasteiger partial charge < -0.3 is 14.6 Å². The van der Waals surface area contributed by atoms with E-state index in [-0.39, 0.29) is 0 Å². The molecule has 3 nitrogen and oxygen atoms in total. The van der Waals surface area contributed by atoms with Crippen molar-refractivity contribution in [3.8, 4) is 11.5 Å². The Labute approximate surface area is 120 Å². The third kappa shape index (κ3) is 4.59. The van der Waals surface area contributed by atoms with Gasteiger partial charge in [0.05, 0.1) is 25.3 Å². The van der Waals surface area contributed by atoms with Crippen LogP contribution in [-0.2, 0) is 0 Å². The summed E-state index contributed by atoms with van der Waals surface area (Å²) in [6, 6.07) is 3.52. The van der Waals surface area contributed by atoms with Crippen LogP contribution < -0.4 is 9.47 Å². The first-order chi connectivity index (χ1) is 8.99. The van der Waals surface area contributed by atoms with Gasteiger partial charge in [-0.15, -0.1) is 0 Å². The Kier molecular flexibility index (Phi) is 6.46. The van der Waals surface area contributed by atoms with Crippen LogP contribution in [0, 0.1) is 5.92 Å². The molecule has 4 heteroatoms. The minimum absolute atomic E-state index is 0.458. The van der Waals surface area contributed by atoms with Crippen LogP contribution in [0.4, 0.5) is 0 Å². The molecule has 0 aliphatic rings. The quantitative estimate of drug-likeness (QED) is 0.816. The molecule has 0 aliphatic carbocycles. The van der Waals surface area contributed by atoms with Gasteiger partial charge in [0.2, 0.25) is 0 Å². The SMILES string of the molecule is COc1cc(C(O)CCCC(C)C)cc(Cl)c1OC. The Morgan fingerprint density at radius 2 is 1.84 bits per heavy atom. The molecular formula is C15H23ClO3. The second-order valence-electron chi connectivity index (χ2n) is 5.08. The number of halogens is 1. The van der Waals surface area contributed by atoms with Crippen LogP contribution in [0.2, 0.25) is 5.02 Å². The molecule has 0 bridgehead atoms. The molecule has 1 unspecified atom stereocenters. The van der Waals surface area contributed by atoms with Crippen molar-refractivity contribution < 1.29 is 14.6 Å². The second kappa shape index (κ2) is 7.61. The van der Waals surface area contributed by atoms with Gasteiger partial charge in [0.25, 0.3) is 0 Å². The molecule has 0 heterocycles. The summed E-state index contributed by atoms with van der Waals surface area (Å²) < 4.78 is 10.4. The van der Waals surface area contributed by atoms with Crippen molar-refractivity contribution in [3.63, 3.8) is 0 Å². The number of hydrogen-bond donors (Lipinski definition) is 1. The number of benzene rings is 1. The topological polar surface area (TPSA) is 38.7 Å². The molecule has 1 N–H and O–H groups in total. The molecule has 108 valence electrons. The maximum absolute atomic E-state index is 10.2. The summed E-state index contributed by atoms with van der Waals surface area (Å²) in [5, 5.41) is 10.6. The number of rotatable bonds is 7. The molecule has 0 fully saturated rings. The lowest BCUT2D eigenvalue weighted by Gasteiger charge is -2.16. The summed E-state index contributed by atoms with van der Waals surface area (Å²) >= 11 is 6.13. The third-order valence-electron chi connectivity index (χ3n) is 3.10. The van der Waals surface area contributed by atoms with E-state index in [1.807, 2.05) is 0 Å². The highest BCUT2D eigenvalue weighted by Crippen LogP contribution is 2.38. The number of aliphatic hydroxyl groups excluding tert-OH is 1. The maximum atomic E-state index is 10.2. The first-order valence-corrected chi connectivity index (χ1v) is 6.96. The van der Waals surface area contributed by atoms with Gasteiger partial charge in [-0.3, -0.25) is 0 Å². The van der Waals surface area contributed by atoms with Crippen LogP contribution in [0.15, 0.2) is 12.1 Å². The van der Waals surface area contributed by atoms with E-state index in [1.54, 1.807) is 26.4 Å². The average molecular weight is 287 g/mol. The van der Waals surface area contributed by atoms with E-state index in [9.17, 15) is 5.11 Å². The normalized spacial score (nSPS) is 12.6. The number of aliphatic hydroxyl groups is 1. The summed E-state index contributed by atoms with van der Waals surface area (Å²) in [5.74, 6) is 1.70. The molecule has 0 saturated heterocycles. The molecule has 0 saturated carbocycles. The van der Waals surface area contributed by atoms with Crippen molar-refractivity contribution in [1.29, 1.82) is 0 Å². The van der Waals surface area contributed by atoms with Crippen molar-refractivity contribution in [2.75, 3.05) is 14.2 Å². The fourth-order valence-electron chi connectivity index (χ4n) is 2.02. The molecule has 0 spiro atoms. The highest BCUT2D eigenvalue weighted by atomic mass is 35.5. The molecule has 0 radical (unpaired) electrons. The molecule has 1 rings (SSSR count). The van der Waals surface area contributed by atoms with Crippen LogP contribution in [0.5, 0.6) is 11.5 Å². The van der Waals surface area contributed by atoms with Gasteiger partial charge in [0.15, 0.2) is 11.5 Å². The largest absolute Gasteiger partial charge is 0.493 e. The Balaban J connectivity index is 2.80. The predicted octanol–water partition coefficient (Wildman–Crippen LogP) is 4.22. The molecular weight excluding hydrogens is 264 g/mol. The van der Waals surface area contributed by atoms with E-state index in [0.717, 1.165) is 24.8 Å². The predicted molar refractivity (Wildman–Crippen MR) is 78.2 cm³/mol. The smallest absolute Gasteiger partial charge is 0.179 e. The van der Waals surface area contributed by atoms with Gasteiger partial charge in [-0.25, -0.2) is 0 Å². The molecule has 0 aliphatic heterocycles. The zero-order chi connectivity index (χ0) is 14.4. The highest BCUT2D eigenvalue weighted by molar-refractivity contribution is 6.32. The number of ether oxygens (including phenoxy) is 2. The second-order valence-corrected chi connectivity index (χ2v) is 5.49. The van der Waals surface area contributed by atoms with Gasteiger partial charge in [-0.2, -0.15) is 0 Å². The average Bonchev–Trinajstić information content (AvgIpc) is 2.37. The molecule has 19 heavy (non-hydrogen) atoms. The van der Waals surface area contributed by atoms with Crippen LogP contribution in [0.1, 0.15) is 44.8 Å². The van der Waals surface area contributed by atoms with E-state index in [1.165, 1.54) is 0 Å². The van der Waals surface area contributed by atoms with Gasteiger partial charge in [0, 0.05) is 0 Å². The summed E-state index contributed by atoms with van der Waals surface area (Å²) in [6.45, 7) is 4.36. The van der Waals surface area contributed by atoms with Gasteiger partial charge in [-0.1, -0.05) is 38.3 Å². The highest BCUT2D eigenvalue weighted by Gasteiger charge is 2.15. The van der Waals surface area contributed by atoms with E-state index in [2.05, 4.69) is 13.8 Å². The van der Waals surface area contributed by atoms with Crippen molar-refractivity contribution in [3.05, 3.63) is 22.7 Å². The third-order valence-corrected chi connectivity index (χ3v) is 3.38. The summed E-state index contributed by atoms with van der Waals surface area (Å²) in [6.07, 6.45) is 2.31. The van der Waals surface area contributed by atoms with Crippen LogP contribution >= 0.6 is 11.6 Å². The Hall–Kier alpha value is -0.930. The number of methoxy groups -OCH3 is 2. The molecule has 1 aromatic carbocycles. The first kappa shape index (κ1) is 16.1. The fraction of sp³-hybridized carbons (Fsp3) is 0.600. The van der Waals surface area contributed by atoms with Gasteiger partial charge in [0.1, 0.15) is 0 Å². The Morgan fingerprint density at radius 3 is 2.37 bits per heavy atom. The van der Waals surface area contributed by atoms with Crippen molar-refractivity contribution in [2.24, 2.45) is 5.92 Å². The zero-order valence-electron chi connectivity index (χ0n) is 12.1. The molecule has 0 amide bonds. The van der Waals surface area contributed by atoms with Crippen molar-refractivity contribution in [2.45, 2.75) is 39.2 Å². The minimum atomic E-state index is -0.518. The van der Waals surface area contributed by atoms with Gasteiger partial charge in [-0.05, 0) is 30.0 Å². The van der Waals surface area contributed by atoms with E-state index < -0.39 is 6.10 Å². The van der Waals surface area contributed by atoms with Crippen molar-refractivity contribution in [1.82, 2.24) is 0 Å². The first-order valence-electron chi connectivity index (χ1n) is 6.59. The zero-order valence-corrected chi connectivity index (χ0v) is 12.8. The van der Waals surface area contributed by atoms with E-state index in [0.29, 0.717) is 22.4 Å². The maximum Gasteiger partial charge on any atom is 0.179 e. The minimum Gasteiger partial charge on any atom is -0.493 e. The lowest BCUT2D eigenvalue weighted by atomic mass is 10.00. The fourth-order valence-corrected chi connectivity index (χ4v) is 2.31. The summed E-state index contributed by atoms with van der Waals surface area (Å²) in [5.41, 5.74) is 0.770. The number of hydrogen-bond acceptors (Lipinski definition) is 3. The van der Waals surface area contributed by atoms with E-state index in [4.69, 9.17) is 21.1 Å². The Morgan fingerprint density at radius 1 is 1.16 bits per heavy atom. The monoisotopic (exact) mass is 286 g/mol. The van der Waals surface area contributed by atoms with Crippen molar-refractivity contribution >= 4 is 11.6 Å². The lowest BCUT2D eigenvalue weighted by molar-refractivity contribution is 0.161. The van der Waals surface area contributed by atoms with Crippen LogP contribution in [0.3, 0.4) is 0 Å². The van der Waals surface area contributed by atoms with Gasteiger partial charge >= 0.3 is 0 Å². The van der Waals surface area contributed by atoms with Crippen LogP contribution in [0.25, 0.3) is 0 Å².